The first-order valence-electron chi connectivity index (χ1n) is 7.07. The second-order valence-corrected chi connectivity index (χ2v) is 5.18. The molecule has 0 fully saturated rings. The number of anilines is 1. The Morgan fingerprint density at radius 1 is 1.52 bits per heavy atom. The van der Waals surface area contributed by atoms with Crippen LogP contribution in [0.1, 0.15) is 26.7 Å². The van der Waals surface area contributed by atoms with Crippen molar-refractivity contribution in [3.63, 3.8) is 0 Å². The van der Waals surface area contributed by atoms with Gasteiger partial charge in [0.1, 0.15) is 12.4 Å². The lowest BCUT2D eigenvalue weighted by Crippen LogP contribution is -2.50. The summed E-state index contributed by atoms with van der Waals surface area (Å²) in [5.74, 6) is 0.658. The highest BCUT2D eigenvalue weighted by atomic mass is 16.5. The van der Waals surface area contributed by atoms with Crippen LogP contribution in [0.2, 0.25) is 0 Å². The molecule has 0 aliphatic rings. The normalized spacial score (nSPS) is 13.1. The highest BCUT2D eigenvalue weighted by Crippen LogP contribution is 2.18. The zero-order valence-corrected chi connectivity index (χ0v) is 12.7. The fourth-order valence-corrected chi connectivity index (χ4v) is 1.99. The first-order chi connectivity index (χ1) is 10.0. The Bertz CT molecular complexity index is 476. The van der Waals surface area contributed by atoms with Crippen LogP contribution >= 0.6 is 0 Å². The molecule has 5 nitrogen and oxygen atoms in total. The number of amides is 2. The maximum Gasteiger partial charge on any atom is 0.319 e. The molecule has 0 saturated heterocycles. The topological polar surface area (TPSA) is 70.6 Å². The highest BCUT2D eigenvalue weighted by Gasteiger charge is 2.24. The minimum atomic E-state index is -0.615. The molecule has 1 atom stereocenters. The Hall–Kier alpha value is -2.01. The number of hydrogen-bond donors (Lipinski definition) is 3. The molecule has 1 aromatic carbocycles. The Morgan fingerprint density at radius 3 is 2.90 bits per heavy atom. The largest absolute Gasteiger partial charge is 0.489 e. The quantitative estimate of drug-likeness (QED) is 0.645. The van der Waals surface area contributed by atoms with Crippen molar-refractivity contribution in [3.8, 4) is 5.75 Å². The van der Waals surface area contributed by atoms with E-state index in [0.29, 0.717) is 24.5 Å². The number of urea groups is 1. The molecule has 1 unspecified atom stereocenters. The number of aliphatic hydroxyl groups is 1. The fourth-order valence-electron chi connectivity index (χ4n) is 1.99. The van der Waals surface area contributed by atoms with Crippen LogP contribution in [0.5, 0.6) is 5.75 Å². The van der Waals surface area contributed by atoms with Crippen LogP contribution in [0.25, 0.3) is 0 Å². The molecule has 0 saturated carbocycles. The molecule has 5 heteroatoms. The van der Waals surface area contributed by atoms with Crippen molar-refractivity contribution in [2.24, 2.45) is 0 Å². The van der Waals surface area contributed by atoms with Gasteiger partial charge >= 0.3 is 6.03 Å². The SMILES string of the molecule is C=CCOc1cccc(NC(=O)NC(C)(CO)CCC)c1. The van der Waals surface area contributed by atoms with E-state index in [9.17, 15) is 9.90 Å². The lowest BCUT2D eigenvalue weighted by atomic mass is 9.98. The average molecular weight is 292 g/mol. The van der Waals surface area contributed by atoms with Crippen LogP contribution in [-0.2, 0) is 0 Å². The molecular formula is C16H24N2O3. The lowest BCUT2D eigenvalue weighted by molar-refractivity contribution is 0.167. The number of benzene rings is 1. The Labute approximate surface area is 126 Å². The van der Waals surface area contributed by atoms with E-state index in [1.54, 1.807) is 24.3 Å². The van der Waals surface area contributed by atoms with Crippen LogP contribution in [0.3, 0.4) is 0 Å². The van der Waals surface area contributed by atoms with Gasteiger partial charge in [-0.05, 0) is 25.5 Å². The van der Waals surface area contributed by atoms with Gasteiger partial charge in [-0.3, -0.25) is 0 Å². The third-order valence-corrected chi connectivity index (χ3v) is 3.03. The van der Waals surface area contributed by atoms with Gasteiger partial charge in [-0.2, -0.15) is 0 Å². The van der Waals surface area contributed by atoms with E-state index in [2.05, 4.69) is 17.2 Å². The molecule has 0 aliphatic carbocycles. The fraction of sp³-hybridized carbons (Fsp3) is 0.438. The first kappa shape index (κ1) is 17.0. The number of hydrogen-bond acceptors (Lipinski definition) is 3. The predicted octanol–water partition coefficient (Wildman–Crippen LogP) is 2.92. The van der Waals surface area contributed by atoms with Crippen LogP contribution < -0.4 is 15.4 Å². The number of rotatable bonds is 8. The number of carbonyl (C=O) groups excluding carboxylic acids is 1. The van der Waals surface area contributed by atoms with Crippen LogP contribution in [0, 0.1) is 0 Å². The number of ether oxygens (including phenoxy) is 1. The molecule has 0 spiro atoms. The van der Waals surface area contributed by atoms with Crippen molar-refractivity contribution >= 4 is 11.7 Å². The molecule has 0 radical (unpaired) electrons. The van der Waals surface area contributed by atoms with E-state index in [1.807, 2.05) is 19.9 Å². The predicted molar refractivity (Wildman–Crippen MR) is 84.7 cm³/mol. The second-order valence-electron chi connectivity index (χ2n) is 5.18. The summed E-state index contributed by atoms with van der Waals surface area (Å²) >= 11 is 0. The van der Waals surface area contributed by atoms with Crippen LogP contribution in [0.15, 0.2) is 36.9 Å². The summed E-state index contributed by atoms with van der Waals surface area (Å²) in [7, 11) is 0. The van der Waals surface area contributed by atoms with Crippen LogP contribution in [-0.4, -0.2) is 29.9 Å². The van der Waals surface area contributed by atoms with Gasteiger partial charge in [0.05, 0.1) is 12.1 Å². The van der Waals surface area contributed by atoms with Gasteiger partial charge in [-0.15, -0.1) is 0 Å². The van der Waals surface area contributed by atoms with E-state index >= 15 is 0 Å². The maximum atomic E-state index is 12.0. The Balaban J connectivity index is 2.63. The Kier molecular flexibility index (Phi) is 6.75. The molecule has 1 aromatic rings. The minimum Gasteiger partial charge on any atom is -0.489 e. The van der Waals surface area contributed by atoms with Gasteiger partial charge < -0.3 is 20.5 Å². The van der Waals surface area contributed by atoms with Crippen molar-refractivity contribution in [3.05, 3.63) is 36.9 Å². The van der Waals surface area contributed by atoms with Crippen LogP contribution in [0.4, 0.5) is 10.5 Å². The highest BCUT2D eigenvalue weighted by molar-refractivity contribution is 5.89. The second kappa shape index (κ2) is 8.32. The van der Waals surface area contributed by atoms with Gasteiger partial charge in [0.2, 0.25) is 0 Å². The van der Waals surface area contributed by atoms with Gasteiger partial charge in [-0.1, -0.05) is 32.1 Å². The summed E-state index contributed by atoms with van der Waals surface area (Å²) in [6.07, 6.45) is 3.24. The van der Waals surface area contributed by atoms with Gasteiger partial charge in [0.15, 0.2) is 0 Å². The summed E-state index contributed by atoms with van der Waals surface area (Å²) in [6.45, 7) is 7.72. The molecule has 0 heterocycles. The van der Waals surface area contributed by atoms with Crippen molar-refractivity contribution in [1.29, 1.82) is 0 Å². The van der Waals surface area contributed by atoms with Gasteiger partial charge in [0.25, 0.3) is 0 Å². The smallest absolute Gasteiger partial charge is 0.319 e. The Morgan fingerprint density at radius 2 is 2.29 bits per heavy atom. The molecule has 0 aliphatic heterocycles. The van der Waals surface area contributed by atoms with Crippen molar-refractivity contribution < 1.29 is 14.6 Å². The number of nitrogens with one attached hydrogen (secondary N) is 2. The zero-order valence-electron chi connectivity index (χ0n) is 12.7. The maximum absolute atomic E-state index is 12.0. The summed E-state index contributed by atoms with van der Waals surface area (Å²) < 4.78 is 5.41. The van der Waals surface area contributed by atoms with Crippen molar-refractivity contribution in [2.45, 2.75) is 32.2 Å². The molecule has 1 rings (SSSR count). The zero-order chi connectivity index (χ0) is 15.7. The van der Waals surface area contributed by atoms with E-state index in [1.165, 1.54) is 0 Å². The number of carbonyl (C=O) groups is 1. The molecule has 0 aromatic heterocycles. The van der Waals surface area contributed by atoms with E-state index < -0.39 is 5.54 Å². The molecule has 0 bridgehead atoms. The third-order valence-electron chi connectivity index (χ3n) is 3.03. The molecular weight excluding hydrogens is 268 g/mol. The molecule has 116 valence electrons. The molecule has 21 heavy (non-hydrogen) atoms. The minimum absolute atomic E-state index is 0.100. The molecule has 3 N–H and O–H groups in total. The summed E-state index contributed by atoms with van der Waals surface area (Å²) in [6, 6.07) is 6.77. The van der Waals surface area contributed by atoms with E-state index in [0.717, 1.165) is 6.42 Å². The monoisotopic (exact) mass is 292 g/mol. The van der Waals surface area contributed by atoms with Crippen molar-refractivity contribution in [2.75, 3.05) is 18.5 Å². The lowest BCUT2D eigenvalue weighted by Gasteiger charge is -2.28. The van der Waals surface area contributed by atoms with Gasteiger partial charge in [-0.25, -0.2) is 4.79 Å². The summed E-state index contributed by atoms with van der Waals surface area (Å²) in [5, 5.41) is 14.9. The first-order valence-corrected chi connectivity index (χ1v) is 7.07. The van der Waals surface area contributed by atoms with Gasteiger partial charge in [0, 0.05) is 11.8 Å². The number of aliphatic hydroxyl groups excluding tert-OH is 1. The summed E-state index contributed by atoms with van der Waals surface area (Å²) in [4.78, 5) is 12.0. The molecule has 2 amide bonds. The standard InChI is InChI=1S/C16H24N2O3/c1-4-9-16(3,12-19)18-15(20)17-13-7-6-8-14(11-13)21-10-5-2/h5-8,11,19H,2,4,9-10,12H2,1,3H3,(H2,17,18,20). The third kappa shape index (κ3) is 5.87. The average Bonchev–Trinajstić information content (AvgIpc) is 2.45. The van der Waals surface area contributed by atoms with Crippen molar-refractivity contribution in [1.82, 2.24) is 5.32 Å². The van der Waals surface area contributed by atoms with E-state index in [4.69, 9.17) is 4.74 Å². The van der Waals surface area contributed by atoms with E-state index in [-0.39, 0.29) is 12.6 Å². The summed E-state index contributed by atoms with van der Waals surface area (Å²) in [5.41, 5.74) is 0.0151.